The average Bonchev–Trinajstić information content (AvgIpc) is 2.61. The van der Waals surface area contributed by atoms with Gasteiger partial charge in [-0.25, -0.2) is 0 Å². The Balaban J connectivity index is 2.28. The van der Waals surface area contributed by atoms with Crippen LogP contribution in [0.2, 0.25) is 0 Å². The highest BCUT2D eigenvalue weighted by Gasteiger charge is 2.30. The van der Waals surface area contributed by atoms with Gasteiger partial charge >= 0.3 is 0 Å². The van der Waals surface area contributed by atoms with Crippen molar-refractivity contribution in [2.45, 2.75) is 45.3 Å². The molecule has 4 heteroatoms. The second-order valence-corrected chi connectivity index (χ2v) is 4.31. The van der Waals surface area contributed by atoms with Gasteiger partial charge in [-0.1, -0.05) is 0 Å². The zero-order valence-electron chi connectivity index (χ0n) is 9.66. The zero-order valence-corrected chi connectivity index (χ0v) is 9.66. The van der Waals surface area contributed by atoms with Crippen molar-refractivity contribution >= 4 is 5.91 Å². The molecule has 0 aromatic rings. The Morgan fingerprint density at radius 3 is 2.93 bits per heavy atom. The lowest BCUT2D eigenvalue weighted by atomic mass is 10.0. The Bertz CT molecular complexity index is 209. The highest BCUT2D eigenvalue weighted by Crippen LogP contribution is 2.20. The second-order valence-electron chi connectivity index (χ2n) is 4.31. The molecule has 1 heterocycles. The molecule has 1 fully saturated rings. The van der Waals surface area contributed by atoms with Gasteiger partial charge in [-0.2, -0.15) is 0 Å². The van der Waals surface area contributed by atoms with Crippen molar-refractivity contribution in [1.29, 1.82) is 0 Å². The van der Waals surface area contributed by atoms with E-state index in [4.69, 9.17) is 10.5 Å². The van der Waals surface area contributed by atoms with Crippen molar-refractivity contribution in [2.75, 3.05) is 13.2 Å². The number of rotatable bonds is 5. The molecule has 4 nitrogen and oxygen atoms in total. The third-order valence-electron chi connectivity index (χ3n) is 2.94. The van der Waals surface area contributed by atoms with Gasteiger partial charge in [-0.3, -0.25) is 4.79 Å². The summed E-state index contributed by atoms with van der Waals surface area (Å²) in [5, 5.41) is 3.01. The lowest BCUT2D eigenvalue weighted by molar-refractivity contribution is -0.127. The van der Waals surface area contributed by atoms with Gasteiger partial charge < -0.3 is 15.8 Å². The van der Waals surface area contributed by atoms with Crippen molar-refractivity contribution in [3.8, 4) is 0 Å². The van der Waals surface area contributed by atoms with E-state index in [1.807, 2.05) is 13.8 Å². The molecule has 0 radical (unpaired) electrons. The van der Waals surface area contributed by atoms with Crippen LogP contribution in [0.5, 0.6) is 0 Å². The van der Waals surface area contributed by atoms with Crippen LogP contribution in [0.1, 0.15) is 33.1 Å². The molecule has 0 saturated carbocycles. The lowest BCUT2D eigenvalue weighted by Crippen LogP contribution is -2.39. The molecule has 0 bridgehead atoms. The fraction of sp³-hybridized carbons (Fsp3) is 0.909. The van der Waals surface area contributed by atoms with Gasteiger partial charge in [0.2, 0.25) is 5.91 Å². The van der Waals surface area contributed by atoms with Crippen molar-refractivity contribution in [2.24, 2.45) is 11.7 Å². The standard InChI is InChI=1S/C11H22N2O2/c1-8(4-3-6-12)13-11(14)10-5-7-15-9(10)2/h8-10H,3-7,12H2,1-2H3,(H,13,14). The summed E-state index contributed by atoms with van der Waals surface area (Å²) in [5.41, 5.74) is 5.42. The first kappa shape index (κ1) is 12.5. The van der Waals surface area contributed by atoms with Crippen molar-refractivity contribution in [1.82, 2.24) is 5.32 Å². The highest BCUT2D eigenvalue weighted by molar-refractivity contribution is 5.79. The molecule has 0 aliphatic carbocycles. The summed E-state index contributed by atoms with van der Waals surface area (Å²) >= 11 is 0. The molecule has 88 valence electrons. The minimum atomic E-state index is 0.0327. The lowest BCUT2D eigenvalue weighted by Gasteiger charge is -2.18. The number of amides is 1. The monoisotopic (exact) mass is 214 g/mol. The summed E-state index contributed by atoms with van der Waals surface area (Å²) in [6, 6.07) is 0.217. The van der Waals surface area contributed by atoms with Crippen LogP contribution in [-0.4, -0.2) is 31.2 Å². The summed E-state index contributed by atoms with van der Waals surface area (Å²) in [4.78, 5) is 11.8. The van der Waals surface area contributed by atoms with Crippen LogP contribution >= 0.6 is 0 Å². The van der Waals surface area contributed by atoms with E-state index in [1.54, 1.807) is 0 Å². The molecule has 1 aliphatic rings. The number of hydrogen-bond acceptors (Lipinski definition) is 3. The predicted octanol–water partition coefficient (Wildman–Crippen LogP) is 0.655. The van der Waals surface area contributed by atoms with E-state index in [0.29, 0.717) is 13.2 Å². The molecule has 3 unspecified atom stereocenters. The van der Waals surface area contributed by atoms with E-state index in [9.17, 15) is 4.79 Å². The summed E-state index contributed by atoms with van der Waals surface area (Å²) in [5.74, 6) is 0.162. The van der Waals surface area contributed by atoms with Gasteiger partial charge in [0.1, 0.15) is 0 Å². The Morgan fingerprint density at radius 1 is 1.67 bits per heavy atom. The van der Waals surface area contributed by atoms with Crippen LogP contribution in [0, 0.1) is 5.92 Å². The first-order valence-corrected chi connectivity index (χ1v) is 5.77. The molecule has 1 amide bonds. The Hall–Kier alpha value is -0.610. The molecule has 1 saturated heterocycles. The van der Waals surface area contributed by atoms with Crippen LogP contribution in [0.15, 0.2) is 0 Å². The third kappa shape index (κ3) is 3.80. The molecule has 0 aromatic heterocycles. The van der Waals surface area contributed by atoms with Crippen LogP contribution in [0.3, 0.4) is 0 Å². The minimum absolute atomic E-state index is 0.0327. The average molecular weight is 214 g/mol. The van der Waals surface area contributed by atoms with E-state index < -0.39 is 0 Å². The van der Waals surface area contributed by atoms with Crippen LogP contribution in [-0.2, 0) is 9.53 Å². The largest absolute Gasteiger partial charge is 0.378 e. The number of nitrogens with one attached hydrogen (secondary N) is 1. The van der Waals surface area contributed by atoms with Gasteiger partial charge in [-0.05, 0) is 39.7 Å². The van der Waals surface area contributed by atoms with Crippen LogP contribution in [0.25, 0.3) is 0 Å². The van der Waals surface area contributed by atoms with E-state index in [1.165, 1.54) is 0 Å². The van der Waals surface area contributed by atoms with Gasteiger partial charge in [-0.15, -0.1) is 0 Å². The van der Waals surface area contributed by atoms with Crippen LogP contribution < -0.4 is 11.1 Å². The second kappa shape index (κ2) is 6.08. The third-order valence-corrected chi connectivity index (χ3v) is 2.94. The van der Waals surface area contributed by atoms with Crippen molar-refractivity contribution in [3.05, 3.63) is 0 Å². The Labute approximate surface area is 91.5 Å². The van der Waals surface area contributed by atoms with Gasteiger partial charge in [0, 0.05) is 12.6 Å². The van der Waals surface area contributed by atoms with E-state index >= 15 is 0 Å². The number of nitrogens with two attached hydrogens (primary N) is 1. The number of carbonyl (C=O) groups excluding carboxylic acids is 1. The Kier molecular flexibility index (Phi) is 5.05. The maximum Gasteiger partial charge on any atom is 0.226 e. The van der Waals surface area contributed by atoms with Crippen LogP contribution in [0.4, 0.5) is 0 Å². The summed E-state index contributed by atoms with van der Waals surface area (Å²) < 4.78 is 5.37. The Morgan fingerprint density at radius 2 is 2.40 bits per heavy atom. The predicted molar refractivity (Wildman–Crippen MR) is 59.4 cm³/mol. The summed E-state index contributed by atoms with van der Waals surface area (Å²) in [6.07, 6.45) is 2.81. The molecular formula is C11H22N2O2. The van der Waals surface area contributed by atoms with E-state index in [-0.39, 0.29) is 24.0 Å². The topological polar surface area (TPSA) is 64.3 Å². The summed E-state index contributed by atoms with van der Waals surface area (Å²) in [7, 11) is 0. The fourth-order valence-corrected chi connectivity index (χ4v) is 1.92. The van der Waals surface area contributed by atoms with Gasteiger partial charge in [0.15, 0.2) is 0 Å². The molecule has 15 heavy (non-hydrogen) atoms. The van der Waals surface area contributed by atoms with Crippen molar-refractivity contribution < 1.29 is 9.53 Å². The maximum atomic E-state index is 11.8. The minimum Gasteiger partial charge on any atom is -0.378 e. The zero-order chi connectivity index (χ0) is 11.3. The number of ether oxygens (including phenoxy) is 1. The number of hydrogen-bond donors (Lipinski definition) is 2. The van der Waals surface area contributed by atoms with Gasteiger partial charge in [0.05, 0.1) is 12.0 Å². The first-order chi connectivity index (χ1) is 7.15. The summed E-state index contributed by atoms with van der Waals surface area (Å²) in [6.45, 7) is 5.37. The first-order valence-electron chi connectivity index (χ1n) is 5.77. The molecule has 3 N–H and O–H groups in total. The van der Waals surface area contributed by atoms with Crippen molar-refractivity contribution in [3.63, 3.8) is 0 Å². The smallest absolute Gasteiger partial charge is 0.226 e. The SMILES string of the molecule is CC(CCCN)NC(=O)C1CCOC1C. The molecule has 1 rings (SSSR count). The highest BCUT2D eigenvalue weighted by atomic mass is 16.5. The van der Waals surface area contributed by atoms with E-state index in [2.05, 4.69) is 5.32 Å². The normalized spacial score (nSPS) is 27.7. The quantitative estimate of drug-likeness (QED) is 0.706. The molecule has 0 aromatic carbocycles. The molecule has 3 atom stereocenters. The molecular weight excluding hydrogens is 192 g/mol. The number of carbonyl (C=O) groups is 1. The molecule has 0 spiro atoms. The van der Waals surface area contributed by atoms with Gasteiger partial charge in [0.25, 0.3) is 0 Å². The maximum absolute atomic E-state index is 11.8. The fourth-order valence-electron chi connectivity index (χ4n) is 1.92. The van der Waals surface area contributed by atoms with E-state index in [0.717, 1.165) is 19.3 Å². The molecule has 1 aliphatic heterocycles.